The molecule has 2 aromatic rings. The molecule has 0 aliphatic carbocycles. The van der Waals surface area contributed by atoms with Gasteiger partial charge < -0.3 is 19.1 Å². The van der Waals surface area contributed by atoms with Crippen molar-refractivity contribution < 1.29 is 14.2 Å². The van der Waals surface area contributed by atoms with E-state index in [0.29, 0.717) is 18.6 Å². The van der Waals surface area contributed by atoms with E-state index in [9.17, 15) is 0 Å². The Morgan fingerprint density at radius 3 is 3.08 bits per heavy atom. The van der Waals surface area contributed by atoms with Crippen molar-refractivity contribution in [2.24, 2.45) is 0 Å². The molecule has 3 aliphatic heterocycles. The molecule has 5 nitrogen and oxygen atoms in total. The van der Waals surface area contributed by atoms with Crippen LogP contribution in [-0.4, -0.2) is 44.5 Å². The summed E-state index contributed by atoms with van der Waals surface area (Å²) in [6, 6.07) is 10.7. The molecule has 2 atom stereocenters. The molecule has 0 bridgehead atoms. The predicted octanol–water partition coefficient (Wildman–Crippen LogP) is 2.77. The maximum atomic E-state index is 6.03. The summed E-state index contributed by atoms with van der Waals surface area (Å²) in [5, 5.41) is 0. The lowest BCUT2D eigenvalue weighted by Crippen LogP contribution is -2.39. The van der Waals surface area contributed by atoms with Gasteiger partial charge in [0.05, 0.1) is 24.8 Å². The second kappa shape index (κ2) is 5.63. The molecule has 0 radical (unpaired) electrons. The molecule has 5 heteroatoms. The highest BCUT2D eigenvalue weighted by Crippen LogP contribution is 2.51. The average molecular weight is 338 g/mol. The summed E-state index contributed by atoms with van der Waals surface area (Å²) >= 11 is 0. The number of anilines is 1. The predicted molar refractivity (Wildman–Crippen MR) is 94.7 cm³/mol. The Morgan fingerprint density at radius 1 is 1.32 bits per heavy atom. The zero-order chi connectivity index (χ0) is 16.9. The first-order chi connectivity index (χ1) is 12.3. The molecule has 3 aliphatic rings. The van der Waals surface area contributed by atoms with Gasteiger partial charge in [0.15, 0.2) is 0 Å². The summed E-state index contributed by atoms with van der Waals surface area (Å²) in [7, 11) is 1.66. The lowest BCUT2D eigenvalue weighted by molar-refractivity contribution is 0.115. The fraction of sp³-hybridized carbons (Fsp3) is 0.450. The number of fused-ring (bicyclic) bond motifs is 4. The van der Waals surface area contributed by atoms with E-state index in [-0.39, 0.29) is 5.41 Å². The summed E-state index contributed by atoms with van der Waals surface area (Å²) in [6.07, 6.45) is 4.43. The molecule has 1 aromatic heterocycles. The van der Waals surface area contributed by atoms with Gasteiger partial charge in [0.1, 0.15) is 12.4 Å². The topological polar surface area (TPSA) is 43.8 Å². The zero-order valence-corrected chi connectivity index (χ0v) is 14.4. The minimum atomic E-state index is -0.152. The van der Waals surface area contributed by atoms with Crippen molar-refractivity contribution in [3.05, 3.63) is 47.7 Å². The number of hydrogen-bond acceptors (Lipinski definition) is 5. The van der Waals surface area contributed by atoms with Gasteiger partial charge in [0.25, 0.3) is 0 Å². The zero-order valence-electron chi connectivity index (χ0n) is 14.4. The molecule has 1 fully saturated rings. The molecular weight excluding hydrogens is 316 g/mol. The van der Waals surface area contributed by atoms with Crippen LogP contribution in [0.25, 0.3) is 0 Å². The van der Waals surface area contributed by atoms with Gasteiger partial charge in [-0.1, -0.05) is 18.2 Å². The fourth-order valence-corrected chi connectivity index (χ4v) is 4.50. The largest absolute Gasteiger partial charge is 0.490 e. The quantitative estimate of drug-likeness (QED) is 0.861. The number of ether oxygens (including phenoxy) is 3. The maximum Gasteiger partial charge on any atom is 0.213 e. The van der Waals surface area contributed by atoms with Crippen molar-refractivity contribution in [1.29, 1.82) is 0 Å². The van der Waals surface area contributed by atoms with Gasteiger partial charge in [-0.15, -0.1) is 0 Å². The van der Waals surface area contributed by atoms with Gasteiger partial charge in [-0.05, 0) is 24.5 Å². The van der Waals surface area contributed by atoms with E-state index in [4.69, 9.17) is 14.2 Å². The third-order valence-corrected chi connectivity index (χ3v) is 5.71. The van der Waals surface area contributed by atoms with Crippen molar-refractivity contribution in [3.63, 3.8) is 0 Å². The van der Waals surface area contributed by atoms with Crippen LogP contribution in [0, 0.1) is 0 Å². The Hall–Kier alpha value is -2.27. The molecule has 4 heterocycles. The van der Waals surface area contributed by atoms with Crippen molar-refractivity contribution in [3.8, 4) is 11.6 Å². The van der Waals surface area contributed by atoms with Crippen molar-refractivity contribution in [2.45, 2.75) is 24.4 Å². The van der Waals surface area contributed by atoms with Gasteiger partial charge >= 0.3 is 0 Å². The van der Waals surface area contributed by atoms with E-state index < -0.39 is 0 Å². The van der Waals surface area contributed by atoms with E-state index in [0.717, 1.165) is 31.9 Å². The first-order valence-electron chi connectivity index (χ1n) is 8.93. The number of benzene rings is 1. The highest BCUT2D eigenvalue weighted by atomic mass is 16.5. The first kappa shape index (κ1) is 15.0. The minimum absolute atomic E-state index is 0.152. The van der Waals surface area contributed by atoms with Crippen LogP contribution >= 0.6 is 0 Å². The second-order valence-electron chi connectivity index (χ2n) is 7.13. The summed E-state index contributed by atoms with van der Waals surface area (Å²) in [5.74, 6) is 1.51. The number of pyridine rings is 1. The van der Waals surface area contributed by atoms with Crippen LogP contribution in [0.2, 0.25) is 0 Å². The number of para-hydroxylation sites is 1. The molecule has 1 unspecified atom stereocenters. The number of aromatic nitrogens is 1. The lowest BCUT2D eigenvalue weighted by atomic mass is 9.78. The SMILES string of the molecule is COc1cc2c(cn1)OCC21CN(C[C@@H]2CCCO2)c2ccccc21. The summed E-state index contributed by atoms with van der Waals surface area (Å²) < 4.78 is 17.3. The number of hydrogen-bond donors (Lipinski definition) is 0. The van der Waals surface area contributed by atoms with Gasteiger partial charge in [-0.2, -0.15) is 0 Å². The van der Waals surface area contributed by atoms with Crippen LogP contribution in [0.4, 0.5) is 5.69 Å². The molecule has 0 saturated carbocycles. The molecule has 130 valence electrons. The number of methoxy groups -OCH3 is 1. The second-order valence-corrected chi connectivity index (χ2v) is 7.13. The van der Waals surface area contributed by atoms with E-state index in [1.807, 2.05) is 6.07 Å². The van der Waals surface area contributed by atoms with E-state index in [1.54, 1.807) is 13.3 Å². The van der Waals surface area contributed by atoms with Crippen LogP contribution in [-0.2, 0) is 10.2 Å². The number of nitrogens with zero attached hydrogens (tertiary/aromatic N) is 2. The van der Waals surface area contributed by atoms with Crippen molar-refractivity contribution >= 4 is 5.69 Å². The monoisotopic (exact) mass is 338 g/mol. The molecule has 25 heavy (non-hydrogen) atoms. The molecule has 1 aromatic carbocycles. The molecule has 0 amide bonds. The molecule has 1 saturated heterocycles. The van der Waals surface area contributed by atoms with Gasteiger partial charge in [0, 0.05) is 37.0 Å². The Balaban J connectivity index is 1.57. The maximum absolute atomic E-state index is 6.03. The number of rotatable bonds is 3. The molecule has 5 rings (SSSR count). The standard InChI is InChI=1S/C20H22N2O3/c1-23-19-9-16-18(10-21-19)25-13-20(16)12-22(11-14-5-4-8-24-14)17-7-3-2-6-15(17)20/h2-3,6-7,9-10,14H,4-5,8,11-13H2,1H3/t14-,20?/m0/s1. The van der Waals surface area contributed by atoms with Crippen molar-refractivity contribution in [1.82, 2.24) is 4.98 Å². The van der Waals surface area contributed by atoms with Crippen molar-refractivity contribution in [2.75, 3.05) is 38.3 Å². The third-order valence-electron chi connectivity index (χ3n) is 5.71. The summed E-state index contributed by atoms with van der Waals surface area (Å²) in [4.78, 5) is 6.77. The highest BCUT2D eigenvalue weighted by molar-refractivity contribution is 5.69. The van der Waals surface area contributed by atoms with Crippen LogP contribution in [0.15, 0.2) is 36.5 Å². The highest BCUT2D eigenvalue weighted by Gasteiger charge is 2.50. The Kier molecular flexibility index (Phi) is 3.38. The average Bonchev–Trinajstić information content (AvgIpc) is 3.36. The van der Waals surface area contributed by atoms with Gasteiger partial charge in [-0.3, -0.25) is 0 Å². The molecular formula is C20H22N2O3. The fourth-order valence-electron chi connectivity index (χ4n) is 4.50. The normalized spacial score (nSPS) is 26.6. The molecule has 0 N–H and O–H groups in total. The summed E-state index contributed by atoms with van der Waals surface area (Å²) in [6.45, 7) is 3.39. The Bertz CT molecular complexity index is 803. The van der Waals surface area contributed by atoms with Crippen LogP contribution in [0.5, 0.6) is 11.6 Å². The minimum Gasteiger partial charge on any atom is -0.490 e. The van der Waals surface area contributed by atoms with Crippen LogP contribution < -0.4 is 14.4 Å². The summed E-state index contributed by atoms with van der Waals surface area (Å²) in [5.41, 5.74) is 3.66. The van der Waals surface area contributed by atoms with Gasteiger partial charge in [0.2, 0.25) is 5.88 Å². The smallest absolute Gasteiger partial charge is 0.213 e. The Labute approximate surface area is 147 Å². The van der Waals surface area contributed by atoms with Gasteiger partial charge in [-0.25, -0.2) is 4.98 Å². The lowest BCUT2D eigenvalue weighted by Gasteiger charge is -2.26. The molecule has 1 spiro atoms. The van der Waals surface area contributed by atoms with Crippen LogP contribution in [0.3, 0.4) is 0 Å². The Morgan fingerprint density at radius 2 is 2.24 bits per heavy atom. The van der Waals surface area contributed by atoms with E-state index in [2.05, 4.69) is 34.1 Å². The first-order valence-corrected chi connectivity index (χ1v) is 8.93. The third kappa shape index (κ3) is 2.22. The van der Waals surface area contributed by atoms with E-state index >= 15 is 0 Å². The van der Waals surface area contributed by atoms with Crippen LogP contribution in [0.1, 0.15) is 24.0 Å². The van der Waals surface area contributed by atoms with E-state index in [1.165, 1.54) is 23.2 Å².